The largest absolute Gasteiger partial charge is 0.338 e. The predicted molar refractivity (Wildman–Crippen MR) is 70.5 cm³/mol. The standard InChI is InChI=1S/C14H21FN2O/c1-4-7-13(16)14(18)17(3)10(2)11-8-5-6-9-12(11)15/h5-6,8-10,13H,4,7,16H2,1-3H3. The Morgan fingerprint density at radius 3 is 2.61 bits per heavy atom. The van der Waals surface area contributed by atoms with E-state index >= 15 is 0 Å². The minimum absolute atomic E-state index is 0.146. The summed E-state index contributed by atoms with van der Waals surface area (Å²) in [6, 6.07) is 5.66. The first-order chi connectivity index (χ1) is 8.49. The fourth-order valence-corrected chi connectivity index (χ4v) is 1.91. The van der Waals surface area contributed by atoms with Crippen LogP contribution in [-0.4, -0.2) is 23.9 Å². The summed E-state index contributed by atoms with van der Waals surface area (Å²) in [5.74, 6) is -0.443. The van der Waals surface area contributed by atoms with Crippen molar-refractivity contribution < 1.29 is 9.18 Å². The van der Waals surface area contributed by atoms with E-state index in [1.54, 1.807) is 32.2 Å². The molecule has 18 heavy (non-hydrogen) atoms. The molecule has 2 N–H and O–H groups in total. The average Bonchev–Trinajstić information content (AvgIpc) is 2.37. The summed E-state index contributed by atoms with van der Waals surface area (Å²) < 4.78 is 13.6. The van der Waals surface area contributed by atoms with Crippen molar-refractivity contribution in [3.05, 3.63) is 35.6 Å². The van der Waals surface area contributed by atoms with Crippen LogP contribution in [0, 0.1) is 5.82 Å². The molecular weight excluding hydrogens is 231 g/mol. The summed E-state index contributed by atoms with van der Waals surface area (Å²) in [7, 11) is 1.66. The zero-order chi connectivity index (χ0) is 13.7. The first kappa shape index (κ1) is 14.6. The molecule has 1 amide bonds. The van der Waals surface area contributed by atoms with E-state index in [9.17, 15) is 9.18 Å². The highest BCUT2D eigenvalue weighted by molar-refractivity contribution is 5.81. The molecule has 0 saturated heterocycles. The quantitative estimate of drug-likeness (QED) is 0.875. The summed E-state index contributed by atoms with van der Waals surface area (Å²) in [6.07, 6.45) is 1.50. The summed E-state index contributed by atoms with van der Waals surface area (Å²) in [5.41, 5.74) is 6.31. The number of halogens is 1. The lowest BCUT2D eigenvalue weighted by molar-refractivity contribution is -0.133. The van der Waals surface area contributed by atoms with Crippen LogP contribution < -0.4 is 5.73 Å². The van der Waals surface area contributed by atoms with Gasteiger partial charge in [0, 0.05) is 12.6 Å². The second-order valence-electron chi connectivity index (χ2n) is 4.54. The smallest absolute Gasteiger partial charge is 0.239 e. The van der Waals surface area contributed by atoms with E-state index in [0.717, 1.165) is 6.42 Å². The Balaban J connectivity index is 2.81. The molecule has 1 aromatic carbocycles. The molecule has 0 saturated carbocycles. The number of hydrogen-bond donors (Lipinski definition) is 1. The van der Waals surface area contributed by atoms with Crippen LogP contribution in [0.5, 0.6) is 0 Å². The van der Waals surface area contributed by atoms with Gasteiger partial charge in [0.2, 0.25) is 5.91 Å². The third-order valence-electron chi connectivity index (χ3n) is 3.20. The van der Waals surface area contributed by atoms with Gasteiger partial charge in [-0.1, -0.05) is 31.5 Å². The van der Waals surface area contributed by atoms with Crippen LogP contribution in [0.4, 0.5) is 4.39 Å². The van der Waals surface area contributed by atoms with Gasteiger partial charge >= 0.3 is 0 Å². The third-order valence-corrected chi connectivity index (χ3v) is 3.20. The van der Waals surface area contributed by atoms with Crippen LogP contribution in [0.25, 0.3) is 0 Å². The molecule has 2 unspecified atom stereocenters. The van der Waals surface area contributed by atoms with E-state index in [-0.39, 0.29) is 17.8 Å². The molecule has 2 atom stereocenters. The van der Waals surface area contributed by atoms with Crippen molar-refractivity contribution in [2.75, 3.05) is 7.05 Å². The van der Waals surface area contributed by atoms with Gasteiger partial charge in [-0.3, -0.25) is 4.79 Å². The van der Waals surface area contributed by atoms with Gasteiger partial charge in [0.1, 0.15) is 5.82 Å². The van der Waals surface area contributed by atoms with Crippen LogP contribution in [-0.2, 0) is 4.79 Å². The van der Waals surface area contributed by atoms with Crippen LogP contribution in [0.3, 0.4) is 0 Å². The highest BCUT2D eigenvalue weighted by atomic mass is 19.1. The molecule has 3 nitrogen and oxygen atoms in total. The van der Waals surface area contributed by atoms with Gasteiger partial charge < -0.3 is 10.6 Å². The zero-order valence-electron chi connectivity index (χ0n) is 11.2. The Kier molecular flexibility index (Phi) is 5.28. The van der Waals surface area contributed by atoms with Gasteiger partial charge in [0.25, 0.3) is 0 Å². The topological polar surface area (TPSA) is 46.3 Å². The van der Waals surface area contributed by atoms with Gasteiger partial charge in [-0.05, 0) is 19.4 Å². The summed E-state index contributed by atoms with van der Waals surface area (Å²) in [4.78, 5) is 13.6. The molecule has 1 aromatic rings. The van der Waals surface area contributed by atoms with E-state index in [2.05, 4.69) is 0 Å². The number of rotatable bonds is 5. The first-order valence-corrected chi connectivity index (χ1v) is 6.25. The zero-order valence-corrected chi connectivity index (χ0v) is 11.2. The maximum atomic E-state index is 13.6. The number of nitrogens with zero attached hydrogens (tertiary/aromatic N) is 1. The van der Waals surface area contributed by atoms with Crippen molar-refractivity contribution in [1.82, 2.24) is 4.90 Å². The van der Waals surface area contributed by atoms with E-state index < -0.39 is 6.04 Å². The average molecular weight is 252 g/mol. The fraction of sp³-hybridized carbons (Fsp3) is 0.500. The lowest BCUT2D eigenvalue weighted by Gasteiger charge is -2.28. The molecular formula is C14H21FN2O. The van der Waals surface area contributed by atoms with Crippen LogP contribution in [0.1, 0.15) is 38.3 Å². The number of amides is 1. The second kappa shape index (κ2) is 6.50. The fourth-order valence-electron chi connectivity index (χ4n) is 1.91. The maximum absolute atomic E-state index is 13.6. The van der Waals surface area contributed by atoms with Crippen molar-refractivity contribution in [3.8, 4) is 0 Å². The van der Waals surface area contributed by atoms with E-state index in [0.29, 0.717) is 12.0 Å². The van der Waals surface area contributed by atoms with E-state index in [4.69, 9.17) is 5.73 Å². The van der Waals surface area contributed by atoms with Crippen molar-refractivity contribution in [2.24, 2.45) is 5.73 Å². The summed E-state index contributed by atoms with van der Waals surface area (Å²) in [6.45, 7) is 3.78. The number of benzene rings is 1. The summed E-state index contributed by atoms with van der Waals surface area (Å²) in [5, 5.41) is 0. The highest BCUT2D eigenvalue weighted by Crippen LogP contribution is 2.22. The molecule has 0 aliphatic carbocycles. The second-order valence-corrected chi connectivity index (χ2v) is 4.54. The monoisotopic (exact) mass is 252 g/mol. The molecule has 0 bridgehead atoms. The molecule has 0 heterocycles. The highest BCUT2D eigenvalue weighted by Gasteiger charge is 2.23. The van der Waals surface area contributed by atoms with Gasteiger partial charge in [0.05, 0.1) is 12.1 Å². The van der Waals surface area contributed by atoms with E-state index in [1.165, 1.54) is 11.0 Å². The maximum Gasteiger partial charge on any atom is 0.239 e. The molecule has 0 fully saturated rings. The molecule has 4 heteroatoms. The first-order valence-electron chi connectivity index (χ1n) is 6.25. The molecule has 0 aromatic heterocycles. The minimum Gasteiger partial charge on any atom is -0.338 e. The van der Waals surface area contributed by atoms with Crippen molar-refractivity contribution >= 4 is 5.91 Å². The SMILES string of the molecule is CCCC(N)C(=O)N(C)C(C)c1ccccc1F. The normalized spacial score (nSPS) is 14.1. The molecule has 0 aliphatic heterocycles. The Hall–Kier alpha value is -1.42. The Morgan fingerprint density at radius 2 is 2.06 bits per heavy atom. The minimum atomic E-state index is -0.505. The van der Waals surface area contributed by atoms with Gasteiger partial charge in [0.15, 0.2) is 0 Å². The van der Waals surface area contributed by atoms with Crippen LogP contribution >= 0.6 is 0 Å². The Labute approximate surface area is 108 Å². The summed E-state index contributed by atoms with van der Waals surface area (Å²) >= 11 is 0. The Bertz CT molecular complexity index is 409. The lowest BCUT2D eigenvalue weighted by atomic mass is 10.0. The molecule has 0 radical (unpaired) electrons. The molecule has 0 spiro atoms. The van der Waals surface area contributed by atoms with Gasteiger partial charge in [-0.25, -0.2) is 4.39 Å². The van der Waals surface area contributed by atoms with Crippen molar-refractivity contribution in [1.29, 1.82) is 0 Å². The molecule has 0 aliphatic rings. The number of carbonyl (C=O) groups excluding carboxylic acids is 1. The van der Waals surface area contributed by atoms with Gasteiger partial charge in [-0.15, -0.1) is 0 Å². The lowest BCUT2D eigenvalue weighted by Crippen LogP contribution is -2.42. The number of nitrogens with two attached hydrogens (primary N) is 1. The number of hydrogen-bond acceptors (Lipinski definition) is 2. The Morgan fingerprint density at radius 1 is 1.44 bits per heavy atom. The van der Waals surface area contributed by atoms with Crippen LogP contribution in [0.2, 0.25) is 0 Å². The predicted octanol–water partition coefficient (Wildman–Crippen LogP) is 2.47. The van der Waals surface area contributed by atoms with E-state index in [1.807, 2.05) is 6.92 Å². The number of carbonyl (C=O) groups is 1. The van der Waals surface area contributed by atoms with Crippen molar-refractivity contribution in [2.45, 2.75) is 38.8 Å². The third kappa shape index (κ3) is 3.29. The van der Waals surface area contributed by atoms with Gasteiger partial charge in [-0.2, -0.15) is 0 Å². The molecule has 100 valence electrons. The van der Waals surface area contributed by atoms with Crippen molar-refractivity contribution in [3.63, 3.8) is 0 Å². The number of likely N-dealkylation sites (N-methyl/N-ethyl adjacent to an activating group) is 1. The van der Waals surface area contributed by atoms with Crippen LogP contribution in [0.15, 0.2) is 24.3 Å². The molecule has 1 rings (SSSR count).